The van der Waals surface area contributed by atoms with E-state index in [4.69, 9.17) is 27.9 Å². The molecule has 2 bridgehead atoms. The summed E-state index contributed by atoms with van der Waals surface area (Å²) < 4.78 is 24.3. The van der Waals surface area contributed by atoms with E-state index < -0.39 is 60.2 Å². The Morgan fingerprint density at radius 2 is 1.74 bits per heavy atom. The zero-order valence-corrected chi connectivity index (χ0v) is 36.7. The molecule has 0 spiro atoms. The summed E-state index contributed by atoms with van der Waals surface area (Å²) in [6.07, 6.45) is 3.97. The number of amides is 4. The van der Waals surface area contributed by atoms with Crippen LogP contribution in [0.1, 0.15) is 62.9 Å². The highest BCUT2D eigenvalue weighted by Gasteiger charge is 2.43. The highest BCUT2D eigenvalue weighted by Crippen LogP contribution is 2.35. The van der Waals surface area contributed by atoms with Crippen LogP contribution in [-0.2, 0) is 45.7 Å². The maximum atomic E-state index is 16.1. The van der Waals surface area contributed by atoms with Crippen molar-refractivity contribution < 1.29 is 33.4 Å². The van der Waals surface area contributed by atoms with Crippen LogP contribution in [0.25, 0.3) is 11.3 Å². The standard InChI is InChI=1S/C45H54Cl2FN7O6/c1-6-8-31-19-41(57)55(24-35-36(48)20-33(47)21-39(35)61-34-15-11-30(12-16-34)38-23-49-40(53(38)5)25-52(3)4)28(2)42(58)50-37(26-56)43(59)51-45(17-7-18-54(27-45)44(31)60)22-29-9-13-32(46)14-10-29/h9-16,20-21,23,28,31,37,56H,6-8,17-19,22,24-27H2,1-5H3,(H,50,58)(H,51,59)/t28-,31+,37-,45+/m0/s1. The SMILES string of the molecule is CCC[C@@H]1CC(=O)N(Cc2c(F)cc(Cl)cc2Oc2ccc(-c3cnc(CN(C)C)n3C)cc2)[C@@H](C)C(=O)N[C@@H](CO)C(=O)N[C@@]2(Cc3ccc(Cl)cc3)CCCN(C2)C1=O. The van der Waals surface area contributed by atoms with E-state index in [2.05, 4.69) is 15.6 Å². The number of aromatic nitrogens is 2. The van der Waals surface area contributed by atoms with Crippen molar-refractivity contribution in [1.82, 2.24) is 34.9 Å². The van der Waals surface area contributed by atoms with Gasteiger partial charge in [-0.2, -0.15) is 0 Å². The van der Waals surface area contributed by atoms with Gasteiger partial charge in [0.15, 0.2) is 0 Å². The summed E-state index contributed by atoms with van der Waals surface area (Å²) in [7, 11) is 5.88. The highest BCUT2D eigenvalue weighted by atomic mass is 35.5. The number of benzene rings is 3. The summed E-state index contributed by atoms with van der Waals surface area (Å²) in [5.74, 6) is -2.48. The first-order valence-corrected chi connectivity index (χ1v) is 21.3. The highest BCUT2D eigenvalue weighted by molar-refractivity contribution is 6.31. The number of imidazole rings is 1. The van der Waals surface area contributed by atoms with Crippen molar-refractivity contribution in [1.29, 1.82) is 0 Å². The second kappa shape index (κ2) is 19.8. The molecule has 61 heavy (non-hydrogen) atoms. The molecule has 0 aliphatic carbocycles. The largest absolute Gasteiger partial charge is 0.457 e. The molecule has 16 heteroatoms. The van der Waals surface area contributed by atoms with E-state index in [-0.39, 0.29) is 35.2 Å². The van der Waals surface area contributed by atoms with Gasteiger partial charge in [0.05, 0.1) is 37.1 Å². The third-order valence-electron chi connectivity index (χ3n) is 11.5. The van der Waals surface area contributed by atoms with Crippen LogP contribution in [0.15, 0.2) is 66.9 Å². The molecule has 2 aliphatic rings. The lowest BCUT2D eigenvalue weighted by Crippen LogP contribution is -2.65. The maximum Gasteiger partial charge on any atom is 0.245 e. The predicted octanol–water partition coefficient (Wildman–Crippen LogP) is 6.12. The first kappa shape index (κ1) is 45.5. The van der Waals surface area contributed by atoms with E-state index in [0.29, 0.717) is 56.0 Å². The number of rotatable bonds is 12. The normalized spacial score (nSPS) is 21.6. The van der Waals surface area contributed by atoms with Crippen LogP contribution in [0.2, 0.25) is 10.0 Å². The van der Waals surface area contributed by atoms with Crippen LogP contribution in [0, 0.1) is 11.7 Å². The fraction of sp³-hybridized carbons (Fsp3) is 0.444. The Morgan fingerprint density at radius 1 is 1.02 bits per heavy atom. The quantitative estimate of drug-likeness (QED) is 0.154. The molecule has 0 saturated carbocycles. The molecule has 0 unspecified atom stereocenters. The molecule has 6 rings (SSSR count). The minimum absolute atomic E-state index is 0.0190. The van der Waals surface area contributed by atoms with Crippen LogP contribution < -0.4 is 15.4 Å². The second-order valence-electron chi connectivity index (χ2n) is 16.4. The van der Waals surface area contributed by atoms with E-state index in [1.807, 2.05) is 61.8 Å². The van der Waals surface area contributed by atoms with Crippen LogP contribution >= 0.6 is 23.2 Å². The average molecular weight is 879 g/mol. The number of aliphatic hydroxyl groups is 1. The van der Waals surface area contributed by atoms with Crippen molar-refractivity contribution in [2.45, 2.75) is 83.1 Å². The molecule has 13 nitrogen and oxygen atoms in total. The van der Waals surface area contributed by atoms with Crippen molar-refractivity contribution in [3.05, 3.63) is 99.7 Å². The molecular weight excluding hydrogens is 824 g/mol. The molecule has 2 saturated heterocycles. The number of ether oxygens (including phenoxy) is 1. The topological polar surface area (TPSA) is 149 Å². The average Bonchev–Trinajstić information content (AvgIpc) is 3.57. The molecule has 326 valence electrons. The van der Waals surface area contributed by atoms with Gasteiger partial charge in [0.2, 0.25) is 23.6 Å². The zero-order chi connectivity index (χ0) is 44.0. The van der Waals surface area contributed by atoms with Crippen LogP contribution in [-0.4, -0.2) is 104 Å². The number of piperidine rings is 1. The fourth-order valence-electron chi connectivity index (χ4n) is 8.23. The number of carbonyl (C=O) groups is 4. The third kappa shape index (κ3) is 10.9. The van der Waals surface area contributed by atoms with Crippen molar-refractivity contribution in [3.63, 3.8) is 0 Å². The van der Waals surface area contributed by atoms with Gasteiger partial charge in [-0.3, -0.25) is 19.2 Å². The molecular formula is C45H54Cl2FN7O6. The smallest absolute Gasteiger partial charge is 0.245 e. The molecule has 0 radical (unpaired) electrons. The lowest BCUT2D eigenvalue weighted by atomic mass is 9.82. The molecule has 1 aromatic heterocycles. The summed E-state index contributed by atoms with van der Waals surface area (Å²) in [5, 5.41) is 16.8. The van der Waals surface area contributed by atoms with E-state index >= 15 is 4.39 Å². The van der Waals surface area contributed by atoms with Crippen molar-refractivity contribution in [2.24, 2.45) is 13.0 Å². The Balaban J connectivity index is 1.31. The van der Waals surface area contributed by atoms with Gasteiger partial charge in [0, 0.05) is 53.6 Å². The van der Waals surface area contributed by atoms with E-state index in [1.54, 1.807) is 35.4 Å². The molecule has 3 heterocycles. The summed E-state index contributed by atoms with van der Waals surface area (Å²) in [6.45, 7) is 3.43. The minimum Gasteiger partial charge on any atom is -0.457 e. The van der Waals surface area contributed by atoms with Gasteiger partial charge in [-0.1, -0.05) is 48.7 Å². The number of nitrogens with one attached hydrogen (secondary N) is 2. The van der Waals surface area contributed by atoms with E-state index in [1.165, 1.54) is 17.9 Å². The van der Waals surface area contributed by atoms with Crippen molar-refractivity contribution in [2.75, 3.05) is 33.8 Å². The number of halogens is 3. The first-order valence-electron chi connectivity index (χ1n) is 20.6. The number of hydrogen-bond donors (Lipinski definition) is 3. The van der Waals surface area contributed by atoms with Crippen LogP contribution in [0.4, 0.5) is 4.39 Å². The second-order valence-corrected chi connectivity index (χ2v) is 17.3. The Kier molecular flexibility index (Phi) is 14.8. The van der Waals surface area contributed by atoms with Gasteiger partial charge in [-0.05, 0) is 101 Å². The fourth-order valence-corrected chi connectivity index (χ4v) is 8.55. The van der Waals surface area contributed by atoms with Gasteiger partial charge in [0.25, 0.3) is 0 Å². The van der Waals surface area contributed by atoms with Gasteiger partial charge in [-0.25, -0.2) is 9.37 Å². The van der Waals surface area contributed by atoms with E-state index in [9.17, 15) is 24.3 Å². The summed E-state index contributed by atoms with van der Waals surface area (Å²) >= 11 is 12.5. The van der Waals surface area contributed by atoms with Gasteiger partial charge in [0.1, 0.15) is 35.2 Å². The Bertz CT molecular complexity index is 2220. The molecule has 3 aromatic carbocycles. The summed E-state index contributed by atoms with van der Waals surface area (Å²) in [4.78, 5) is 66.5. The van der Waals surface area contributed by atoms with Crippen molar-refractivity contribution >= 4 is 46.8 Å². The van der Waals surface area contributed by atoms with Crippen LogP contribution in [0.3, 0.4) is 0 Å². The molecule has 2 aliphatic heterocycles. The van der Waals surface area contributed by atoms with Crippen molar-refractivity contribution in [3.8, 4) is 22.8 Å². The number of fused-ring (bicyclic) bond motifs is 2. The number of aliphatic hydroxyl groups excluding tert-OH is 1. The first-order chi connectivity index (χ1) is 29.1. The number of carbonyl (C=O) groups excluding carboxylic acids is 4. The number of nitrogens with zero attached hydrogens (tertiary/aromatic N) is 5. The molecule has 4 aromatic rings. The molecule has 3 N–H and O–H groups in total. The molecule has 4 amide bonds. The lowest BCUT2D eigenvalue weighted by Gasteiger charge is -2.45. The third-order valence-corrected chi connectivity index (χ3v) is 12.0. The van der Waals surface area contributed by atoms with Crippen LogP contribution in [0.5, 0.6) is 11.5 Å². The Morgan fingerprint density at radius 3 is 2.41 bits per heavy atom. The van der Waals surface area contributed by atoms with Gasteiger partial charge < -0.3 is 39.7 Å². The maximum absolute atomic E-state index is 16.1. The summed E-state index contributed by atoms with van der Waals surface area (Å²) in [5.41, 5.74) is 1.66. The lowest BCUT2D eigenvalue weighted by molar-refractivity contribution is -0.148. The Hall–Kier alpha value is -5.02. The zero-order valence-electron chi connectivity index (χ0n) is 35.2. The molecule has 4 atom stereocenters. The van der Waals surface area contributed by atoms with E-state index in [0.717, 1.165) is 28.7 Å². The van der Waals surface area contributed by atoms with Gasteiger partial charge in [-0.15, -0.1) is 0 Å². The molecule has 2 fully saturated rings. The minimum atomic E-state index is -1.39. The predicted molar refractivity (Wildman–Crippen MR) is 231 cm³/mol. The monoisotopic (exact) mass is 877 g/mol. The van der Waals surface area contributed by atoms with Gasteiger partial charge >= 0.3 is 0 Å². The Labute approximate surface area is 366 Å². The summed E-state index contributed by atoms with van der Waals surface area (Å²) in [6, 6.07) is 14.2. The number of hydrogen-bond acceptors (Lipinski definition) is 8.